The van der Waals surface area contributed by atoms with E-state index in [0.717, 1.165) is 12.8 Å². The Balaban J connectivity index is 2.44. The van der Waals surface area contributed by atoms with Crippen LogP contribution in [0.2, 0.25) is 0 Å². The zero-order valence-corrected chi connectivity index (χ0v) is 16.1. The Hall–Kier alpha value is -2.65. The number of carbonyl (C=O) groups is 3. The number of likely N-dealkylation sites (N-methyl/N-ethyl adjacent to an activating group) is 1. The van der Waals surface area contributed by atoms with Crippen molar-refractivity contribution < 1.29 is 29.4 Å². The third-order valence-electron chi connectivity index (χ3n) is 5.12. The number of hydrogen-bond donors (Lipinski definition) is 4. The maximum Gasteiger partial charge on any atom is 0.249 e. The van der Waals surface area contributed by atoms with E-state index in [2.05, 4.69) is 5.32 Å². The highest BCUT2D eigenvalue weighted by Crippen LogP contribution is 2.31. The second-order valence-corrected chi connectivity index (χ2v) is 6.67. The molecule has 9 heteroatoms. The van der Waals surface area contributed by atoms with Gasteiger partial charge in [0.05, 0.1) is 25.6 Å². The number of nitrogens with one attached hydrogen (secondary N) is 2. The molecule has 1 aromatic rings. The van der Waals surface area contributed by atoms with Crippen molar-refractivity contribution in [3.63, 3.8) is 0 Å². The lowest BCUT2D eigenvalue weighted by atomic mass is 9.83. The van der Waals surface area contributed by atoms with Gasteiger partial charge in [0.25, 0.3) is 0 Å². The number of piperidine rings is 1. The summed E-state index contributed by atoms with van der Waals surface area (Å²) < 4.78 is 5.13. The molecule has 1 aromatic carbocycles. The summed E-state index contributed by atoms with van der Waals surface area (Å²) in [6, 6.07) is 5.92. The molecule has 0 radical (unpaired) electrons. The number of amides is 3. The van der Waals surface area contributed by atoms with Crippen LogP contribution in [0.5, 0.6) is 5.75 Å². The van der Waals surface area contributed by atoms with Crippen LogP contribution in [0.4, 0.5) is 0 Å². The van der Waals surface area contributed by atoms with Crippen molar-refractivity contribution in [1.29, 1.82) is 0 Å². The number of nitrogens with zero attached hydrogens (tertiary/aromatic N) is 1. The number of hydrogen-bond acceptors (Lipinski definition) is 6. The van der Waals surface area contributed by atoms with E-state index >= 15 is 0 Å². The monoisotopic (exact) mass is 393 g/mol. The van der Waals surface area contributed by atoms with Crippen molar-refractivity contribution in [1.82, 2.24) is 15.7 Å². The van der Waals surface area contributed by atoms with E-state index in [9.17, 15) is 19.5 Å². The number of likely N-dealkylation sites (tertiary alicyclic amines) is 1. The molecule has 1 heterocycles. The van der Waals surface area contributed by atoms with E-state index in [4.69, 9.17) is 9.94 Å². The normalized spacial score (nSPS) is 18.7. The van der Waals surface area contributed by atoms with Gasteiger partial charge in [-0.2, -0.15) is 0 Å². The minimum Gasteiger partial charge on any atom is -0.497 e. The van der Waals surface area contributed by atoms with Gasteiger partial charge in [0, 0.05) is 13.6 Å². The molecule has 154 valence electrons. The highest BCUT2D eigenvalue weighted by molar-refractivity contribution is 5.94. The van der Waals surface area contributed by atoms with Gasteiger partial charge in [-0.15, -0.1) is 0 Å². The number of methoxy groups -OCH3 is 1. The topological polar surface area (TPSA) is 128 Å². The first-order valence-electron chi connectivity index (χ1n) is 9.19. The van der Waals surface area contributed by atoms with Crippen LogP contribution in [0.15, 0.2) is 24.3 Å². The Bertz CT molecular complexity index is 693. The fraction of sp³-hybridized carbons (Fsp3) is 0.526. The van der Waals surface area contributed by atoms with E-state index in [1.165, 1.54) is 24.5 Å². The molecule has 0 saturated carbocycles. The molecule has 1 aliphatic rings. The summed E-state index contributed by atoms with van der Waals surface area (Å²) in [5, 5.41) is 21.4. The summed E-state index contributed by atoms with van der Waals surface area (Å²) in [5.41, 5.74) is 2.00. The van der Waals surface area contributed by atoms with Gasteiger partial charge in [-0.3, -0.25) is 19.6 Å². The van der Waals surface area contributed by atoms with Crippen LogP contribution in [0.25, 0.3) is 0 Å². The van der Waals surface area contributed by atoms with Crippen molar-refractivity contribution in [3.8, 4) is 5.75 Å². The van der Waals surface area contributed by atoms with Crippen LogP contribution in [0.1, 0.15) is 30.7 Å². The van der Waals surface area contributed by atoms with Crippen molar-refractivity contribution in [3.05, 3.63) is 29.8 Å². The van der Waals surface area contributed by atoms with Crippen LogP contribution in [-0.4, -0.2) is 66.3 Å². The van der Waals surface area contributed by atoms with Crippen molar-refractivity contribution in [2.24, 2.45) is 5.92 Å². The van der Waals surface area contributed by atoms with E-state index in [0.29, 0.717) is 24.3 Å². The summed E-state index contributed by atoms with van der Waals surface area (Å²) in [5.74, 6) is -3.28. The first kappa shape index (κ1) is 21.6. The van der Waals surface area contributed by atoms with Gasteiger partial charge in [0.15, 0.2) is 0 Å². The Morgan fingerprint density at radius 1 is 1.25 bits per heavy atom. The molecule has 3 atom stereocenters. The van der Waals surface area contributed by atoms with E-state index in [-0.39, 0.29) is 5.91 Å². The third kappa shape index (κ3) is 4.60. The van der Waals surface area contributed by atoms with E-state index < -0.39 is 36.3 Å². The zero-order chi connectivity index (χ0) is 20.7. The largest absolute Gasteiger partial charge is 0.497 e. The molecule has 3 amide bonds. The Morgan fingerprint density at radius 2 is 1.93 bits per heavy atom. The lowest BCUT2D eigenvalue weighted by molar-refractivity contribution is -0.148. The Kier molecular flexibility index (Phi) is 7.77. The predicted molar refractivity (Wildman–Crippen MR) is 99.7 cm³/mol. The van der Waals surface area contributed by atoms with Gasteiger partial charge in [-0.05, 0) is 37.0 Å². The lowest BCUT2D eigenvalue weighted by Crippen LogP contribution is -2.54. The van der Waals surface area contributed by atoms with Crippen LogP contribution in [-0.2, 0) is 14.4 Å². The van der Waals surface area contributed by atoms with Gasteiger partial charge < -0.3 is 20.1 Å². The molecule has 4 N–H and O–H groups in total. The minimum atomic E-state index is -1.21. The molecule has 1 fully saturated rings. The fourth-order valence-electron chi connectivity index (χ4n) is 3.59. The molecular weight excluding hydrogens is 366 g/mol. The second-order valence-electron chi connectivity index (χ2n) is 6.67. The summed E-state index contributed by atoms with van der Waals surface area (Å²) in [6.45, 7) is -0.268. The van der Waals surface area contributed by atoms with Gasteiger partial charge in [0.2, 0.25) is 17.7 Å². The molecule has 1 aliphatic heterocycles. The summed E-state index contributed by atoms with van der Waals surface area (Å²) in [7, 11) is 3.02. The average Bonchev–Trinajstić information content (AvgIpc) is 2.76. The number of aliphatic hydroxyl groups excluding tert-OH is 1. The standard InChI is InChI=1S/C19H27N3O6/c1-20-18(25)15-5-3-4-10-22(15)19(26)16(14(11-23)17(24)21-27)12-6-8-13(28-2)9-7-12/h6-9,14-16,23,27H,3-5,10-11H2,1-2H3,(H,20,25)(H,21,24)/t14-,15-,16?/m0/s1. The summed E-state index contributed by atoms with van der Waals surface area (Å²) in [4.78, 5) is 39.3. The number of benzene rings is 1. The molecule has 0 spiro atoms. The van der Waals surface area contributed by atoms with Crippen LogP contribution in [0, 0.1) is 5.92 Å². The molecule has 1 saturated heterocycles. The van der Waals surface area contributed by atoms with Crippen LogP contribution < -0.4 is 15.5 Å². The molecule has 9 nitrogen and oxygen atoms in total. The van der Waals surface area contributed by atoms with E-state index in [1.54, 1.807) is 24.3 Å². The first-order chi connectivity index (χ1) is 13.5. The number of rotatable bonds is 7. The first-order valence-corrected chi connectivity index (χ1v) is 9.19. The minimum absolute atomic E-state index is 0.270. The molecular formula is C19H27N3O6. The maximum absolute atomic E-state index is 13.4. The highest BCUT2D eigenvalue weighted by Gasteiger charge is 2.41. The zero-order valence-electron chi connectivity index (χ0n) is 16.1. The van der Waals surface area contributed by atoms with Gasteiger partial charge in [-0.25, -0.2) is 5.48 Å². The Morgan fingerprint density at radius 3 is 2.46 bits per heavy atom. The summed E-state index contributed by atoms with van der Waals surface area (Å²) in [6.07, 6.45) is 2.08. The van der Waals surface area contributed by atoms with Gasteiger partial charge in [-0.1, -0.05) is 12.1 Å². The number of carbonyl (C=O) groups excluding carboxylic acids is 3. The lowest BCUT2D eigenvalue weighted by Gasteiger charge is -2.38. The van der Waals surface area contributed by atoms with Crippen LogP contribution >= 0.6 is 0 Å². The number of ether oxygens (including phenoxy) is 1. The predicted octanol–water partition coefficient (Wildman–Crippen LogP) is 0.0198. The molecule has 0 aromatic heterocycles. The van der Waals surface area contributed by atoms with Crippen molar-refractivity contribution in [2.75, 3.05) is 27.3 Å². The van der Waals surface area contributed by atoms with Crippen molar-refractivity contribution in [2.45, 2.75) is 31.2 Å². The van der Waals surface area contributed by atoms with Gasteiger partial charge in [0.1, 0.15) is 11.8 Å². The summed E-state index contributed by atoms with van der Waals surface area (Å²) >= 11 is 0. The molecule has 2 rings (SSSR count). The SMILES string of the molecule is CNC(=O)[C@@H]1CCCCN1C(=O)C(c1ccc(OC)cc1)[C@H](CO)C(=O)NO. The smallest absolute Gasteiger partial charge is 0.249 e. The fourth-order valence-corrected chi connectivity index (χ4v) is 3.59. The Labute approximate surface area is 163 Å². The van der Waals surface area contributed by atoms with E-state index in [1.807, 2.05) is 0 Å². The number of aliphatic hydroxyl groups is 1. The van der Waals surface area contributed by atoms with Crippen LogP contribution in [0.3, 0.4) is 0 Å². The maximum atomic E-state index is 13.4. The molecule has 0 bridgehead atoms. The second kappa shape index (κ2) is 10.0. The van der Waals surface area contributed by atoms with Gasteiger partial charge >= 0.3 is 0 Å². The van der Waals surface area contributed by atoms with Crippen molar-refractivity contribution >= 4 is 17.7 Å². The highest BCUT2D eigenvalue weighted by atomic mass is 16.5. The third-order valence-corrected chi connectivity index (χ3v) is 5.12. The molecule has 0 aliphatic carbocycles. The molecule has 28 heavy (non-hydrogen) atoms. The quantitative estimate of drug-likeness (QED) is 0.382. The number of hydroxylamine groups is 1. The average molecular weight is 393 g/mol. The molecule has 1 unspecified atom stereocenters.